The Balaban J connectivity index is 2.75. The number of benzene rings is 1. The summed E-state index contributed by atoms with van der Waals surface area (Å²) in [5.74, 6) is -0.145. The highest BCUT2D eigenvalue weighted by molar-refractivity contribution is 5.83. The van der Waals surface area contributed by atoms with E-state index in [1.807, 2.05) is 36.4 Å². The molecule has 0 aliphatic rings. The van der Waals surface area contributed by atoms with Crippen LogP contribution in [-0.2, 0) is 4.79 Å². The molecule has 0 bridgehead atoms. The summed E-state index contributed by atoms with van der Waals surface area (Å²) in [6, 6.07) is 8.81. The van der Waals surface area contributed by atoms with Crippen molar-refractivity contribution in [2.24, 2.45) is 11.1 Å². The lowest BCUT2D eigenvalue weighted by Gasteiger charge is -2.31. The standard InChI is InChI=1S/C16H24N2O/c1-5-9-13(16(2,3)4)18-15(19)14(17)12-10-7-6-8-11-12/h5-8,10-11,13-14H,1,9,17H2,2-4H3,(H,18,19)/t13-,14-/m1/s1. The fourth-order valence-electron chi connectivity index (χ4n) is 1.87. The molecule has 104 valence electrons. The van der Waals surface area contributed by atoms with Crippen LogP contribution >= 0.6 is 0 Å². The van der Waals surface area contributed by atoms with E-state index >= 15 is 0 Å². The van der Waals surface area contributed by atoms with Crippen LogP contribution in [0.1, 0.15) is 38.8 Å². The highest BCUT2D eigenvalue weighted by Crippen LogP contribution is 2.23. The second kappa shape index (κ2) is 6.53. The van der Waals surface area contributed by atoms with Gasteiger partial charge in [-0.25, -0.2) is 0 Å². The first-order valence-corrected chi connectivity index (χ1v) is 6.58. The maximum absolute atomic E-state index is 12.2. The van der Waals surface area contributed by atoms with Gasteiger partial charge in [0.1, 0.15) is 6.04 Å². The van der Waals surface area contributed by atoms with Crippen LogP contribution in [0.2, 0.25) is 0 Å². The smallest absolute Gasteiger partial charge is 0.241 e. The van der Waals surface area contributed by atoms with Gasteiger partial charge in [0.05, 0.1) is 0 Å². The molecule has 0 saturated carbocycles. The van der Waals surface area contributed by atoms with E-state index in [9.17, 15) is 4.79 Å². The van der Waals surface area contributed by atoms with Gasteiger partial charge in [-0.1, -0.05) is 57.2 Å². The van der Waals surface area contributed by atoms with Crippen LogP contribution in [0.15, 0.2) is 43.0 Å². The van der Waals surface area contributed by atoms with E-state index in [0.29, 0.717) is 0 Å². The molecule has 0 spiro atoms. The first-order valence-electron chi connectivity index (χ1n) is 6.58. The number of hydrogen-bond acceptors (Lipinski definition) is 2. The Morgan fingerprint density at radius 3 is 2.42 bits per heavy atom. The molecule has 0 radical (unpaired) electrons. The van der Waals surface area contributed by atoms with Gasteiger partial charge in [-0.15, -0.1) is 6.58 Å². The van der Waals surface area contributed by atoms with Crippen molar-refractivity contribution in [2.45, 2.75) is 39.3 Å². The molecule has 1 aromatic carbocycles. The number of carbonyl (C=O) groups is 1. The van der Waals surface area contributed by atoms with E-state index in [0.717, 1.165) is 12.0 Å². The SMILES string of the molecule is C=CC[C@@H](NC(=O)[C@H](N)c1ccccc1)C(C)(C)C. The zero-order chi connectivity index (χ0) is 14.5. The topological polar surface area (TPSA) is 55.1 Å². The van der Waals surface area contributed by atoms with Crippen molar-refractivity contribution in [1.29, 1.82) is 0 Å². The average Bonchev–Trinajstić information content (AvgIpc) is 2.37. The lowest BCUT2D eigenvalue weighted by Crippen LogP contribution is -2.46. The van der Waals surface area contributed by atoms with Crippen molar-refractivity contribution in [1.82, 2.24) is 5.32 Å². The largest absolute Gasteiger partial charge is 0.351 e. The van der Waals surface area contributed by atoms with Crippen LogP contribution in [0.3, 0.4) is 0 Å². The second-order valence-electron chi connectivity index (χ2n) is 5.84. The number of nitrogens with one attached hydrogen (secondary N) is 1. The normalized spacial score (nSPS) is 14.5. The van der Waals surface area contributed by atoms with Crippen LogP contribution < -0.4 is 11.1 Å². The number of carbonyl (C=O) groups excluding carboxylic acids is 1. The van der Waals surface area contributed by atoms with E-state index in [-0.39, 0.29) is 17.4 Å². The first-order chi connectivity index (χ1) is 8.86. The van der Waals surface area contributed by atoms with E-state index < -0.39 is 6.04 Å². The third kappa shape index (κ3) is 4.52. The van der Waals surface area contributed by atoms with Gasteiger partial charge < -0.3 is 11.1 Å². The van der Waals surface area contributed by atoms with Gasteiger partial charge in [-0.3, -0.25) is 4.79 Å². The summed E-state index contributed by atoms with van der Waals surface area (Å²) in [5.41, 5.74) is 6.79. The van der Waals surface area contributed by atoms with E-state index in [1.54, 1.807) is 0 Å². The third-order valence-corrected chi connectivity index (χ3v) is 3.21. The highest BCUT2D eigenvalue weighted by atomic mass is 16.2. The fourth-order valence-corrected chi connectivity index (χ4v) is 1.87. The van der Waals surface area contributed by atoms with Crippen LogP contribution in [-0.4, -0.2) is 11.9 Å². The molecule has 2 atom stereocenters. The maximum Gasteiger partial charge on any atom is 0.241 e. The molecule has 3 heteroatoms. The number of hydrogen-bond donors (Lipinski definition) is 2. The Bertz CT molecular complexity index is 420. The van der Waals surface area contributed by atoms with E-state index in [2.05, 4.69) is 32.7 Å². The van der Waals surface area contributed by atoms with Crippen molar-refractivity contribution in [2.75, 3.05) is 0 Å². The number of nitrogens with two attached hydrogens (primary N) is 1. The van der Waals surface area contributed by atoms with Crippen molar-refractivity contribution < 1.29 is 4.79 Å². The Kier molecular flexibility index (Phi) is 5.31. The van der Waals surface area contributed by atoms with Crippen LogP contribution in [0.25, 0.3) is 0 Å². The highest BCUT2D eigenvalue weighted by Gasteiger charge is 2.27. The molecular weight excluding hydrogens is 236 g/mol. The van der Waals surface area contributed by atoms with Crippen molar-refractivity contribution in [3.63, 3.8) is 0 Å². The second-order valence-corrected chi connectivity index (χ2v) is 5.84. The van der Waals surface area contributed by atoms with Gasteiger partial charge in [-0.05, 0) is 17.4 Å². The van der Waals surface area contributed by atoms with Crippen LogP contribution in [0, 0.1) is 5.41 Å². The Hall–Kier alpha value is -1.61. The predicted octanol–water partition coefficient (Wildman–Crippen LogP) is 2.79. The molecule has 0 saturated heterocycles. The third-order valence-electron chi connectivity index (χ3n) is 3.21. The number of rotatable bonds is 5. The molecule has 1 amide bonds. The first kappa shape index (κ1) is 15.4. The summed E-state index contributed by atoms with van der Waals surface area (Å²) in [6.45, 7) is 10.0. The maximum atomic E-state index is 12.2. The lowest BCUT2D eigenvalue weighted by atomic mass is 9.84. The summed E-state index contributed by atoms with van der Waals surface area (Å²) in [4.78, 5) is 12.2. The molecule has 0 unspecified atom stereocenters. The van der Waals surface area contributed by atoms with E-state index in [1.165, 1.54) is 0 Å². The van der Waals surface area contributed by atoms with Gasteiger partial charge in [0.2, 0.25) is 5.91 Å². The summed E-state index contributed by atoms with van der Waals surface area (Å²) >= 11 is 0. The molecule has 0 fully saturated rings. The molecule has 19 heavy (non-hydrogen) atoms. The zero-order valence-corrected chi connectivity index (χ0v) is 12.0. The average molecular weight is 260 g/mol. The molecule has 3 nitrogen and oxygen atoms in total. The van der Waals surface area contributed by atoms with Gasteiger partial charge in [0.25, 0.3) is 0 Å². The minimum atomic E-state index is -0.629. The van der Waals surface area contributed by atoms with Gasteiger partial charge in [0.15, 0.2) is 0 Å². The van der Waals surface area contributed by atoms with Gasteiger partial charge in [0, 0.05) is 6.04 Å². The summed E-state index contributed by atoms with van der Waals surface area (Å²) in [6.07, 6.45) is 2.56. The molecule has 1 aromatic rings. The molecule has 0 aromatic heterocycles. The Morgan fingerprint density at radius 1 is 1.37 bits per heavy atom. The van der Waals surface area contributed by atoms with E-state index in [4.69, 9.17) is 5.73 Å². The van der Waals surface area contributed by atoms with Crippen molar-refractivity contribution >= 4 is 5.91 Å². The van der Waals surface area contributed by atoms with Crippen LogP contribution in [0.4, 0.5) is 0 Å². The van der Waals surface area contributed by atoms with Crippen molar-refractivity contribution in [3.05, 3.63) is 48.6 Å². The summed E-state index contributed by atoms with van der Waals surface area (Å²) in [5, 5.41) is 3.02. The summed E-state index contributed by atoms with van der Waals surface area (Å²) in [7, 11) is 0. The quantitative estimate of drug-likeness (QED) is 0.800. The monoisotopic (exact) mass is 260 g/mol. The molecule has 3 N–H and O–H groups in total. The van der Waals surface area contributed by atoms with Gasteiger partial charge >= 0.3 is 0 Å². The van der Waals surface area contributed by atoms with Crippen LogP contribution in [0.5, 0.6) is 0 Å². The van der Waals surface area contributed by atoms with Crippen molar-refractivity contribution in [3.8, 4) is 0 Å². The number of amides is 1. The fraction of sp³-hybridized carbons (Fsp3) is 0.438. The molecule has 0 heterocycles. The molecule has 0 aliphatic carbocycles. The Morgan fingerprint density at radius 2 is 1.95 bits per heavy atom. The molecular formula is C16H24N2O. The molecule has 0 aliphatic heterocycles. The zero-order valence-electron chi connectivity index (χ0n) is 12.0. The minimum Gasteiger partial charge on any atom is -0.351 e. The summed E-state index contributed by atoms with van der Waals surface area (Å²) < 4.78 is 0. The van der Waals surface area contributed by atoms with Gasteiger partial charge in [-0.2, -0.15) is 0 Å². The minimum absolute atomic E-state index is 0.0275. The predicted molar refractivity (Wildman–Crippen MR) is 79.6 cm³/mol. The lowest BCUT2D eigenvalue weighted by molar-refractivity contribution is -0.123. The Labute approximate surface area is 115 Å². The molecule has 1 rings (SSSR count).